The summed E-state index contributed by atoms with van der Waals surface area (Å²) in [5.74, 6) is -4.51. The van der Waals surface area contributed by atoms with Crippen LogP contribution in [-0.2, 0) is 19.2 Å². The van der Waals surface area contributed by atoms with E-state index in [1.165, 1.54) is 32.9 Å². The first-order valence-corrected chi connectivity index (χ1v) is 7.78. The molecule has 0 radical (unpaired) electrons. The summed E-state index contributed by atoms with van der Waals surface area (Å²) in [5, 5.41) is 29.7. The number of Topliss-reactive ketones (excluding diaryl/α,β-unsaturated/α-hetero) is 2. The molecular weight excluding hydrogens is 384 g/mol. The van der Waals surface area contributed by atoms with Crippen molar-refractivity contribution in [3.63, 3.8) is 0 Å². The van der Waals surface area contributed by atoms with Crippen molar-refractivity contribution in [2.24, 2.45) is 0 Å². The molecule has 29 heavy (non-hydrogen) atoms. The van der Waals surface area contributed by atoms with Crippen molar-refractivity contribution in [3.05, 3.63) is 47.5 Å². The summed E-state index contributed by atoms with van der Waals surface area (Å²) >= 11 is 0. The van der Waals surface area contributed by atoms with Crippen molar-refractivity contribution in [2.45, 2.75) is 41.0 Å². The van der Waals surface area contributed by atoms with Crippen LogP contribution in [0.2, 0.25) is 0 Å². The van der Waals surface area contributed by atoms with Crippen LogP contribution in [0.4, 0.5) is 0 Å². The number of allylic oxidation sites excluding steroid dienone is 1. The molecule has 0 saturated carbocycles. The highest BCUT2D eigenvalue weighted by atomic mass is 16.4. The van der Waals surface area contributed by atoms with Gasteiger partial charge in [0.1, 0.15) is 5.78 Å². The van der Waals surface area contributed by atoms with Crippen LogP contribution in [0.1, 0.15) is 61.8 Å². The van der Waals surface area contributed by atoms with Gasteiger partial charge in [0.25, 0.3) is 0 Å². The Hall–Kier alpha value is -3.62. The molecule has 0 unspecified atom stereocenters. The Morgan fingerprint density at radius 1 is 0.793 bits per heavy atom. The zero-order valence-corrected chi connectivity index (χ0v) is 15.6. The minimum atomic E-state index is -1.35. The van der Waals surface area contributed by atoms with Crippen LogP contribution < -0.4 is 15.3 Å². The van der Waals surface area contributed by atoms with Crippen LogP contribution in [-0.4, -0.2) is 35.3 Å². The third-order valence-corrected chi connectivity index (χ3v) is 2.66. The van der Waals surface area contributed by atoms with Gasteiger partial charge >= 0.3 is 0 Å². The zero-order chi connectivity index (χ0) is 22.3. The number of carbonyl (C=O) groups is 6. The number of aliphatic carboxylic acids is 2. The molecule has 0 aliphatic heterocycles. The number of aromatic carboxylic acids is 1. The lowest BCUT2D eigenvalue weighted by atomic mass is 10.1. The van der Waals surface area contributed by atoms with E-state index in [0.717, 1.165) is 6.08 Å². The molecule has 9 nitrogen and oxygen atoms in total. The minimum Gasteiger partial charge on any atom is -0.550 e. The van der Waals surface area contributed by atoms with Crippen molar-refractivity contribution in [1.29, 1.82) is 0 Å². The lowest BCUT2D eigenvalue weighted by Gasteiger charge is -2.05. The average molecular weight is 407 g/mol. The van der Waals surface area contributed by atoms with Gasteiger partial charge in [0.15, 0.2) is 11.6 Å². The van der Waals surface area contributed by atoms with Crippen LogP contribution in [0.3, 0.4) is 0 Å². The van der Waals surface area contributed by atoms with Gasteiger partial charge in [-0.05, 0) is 39.3 Å². The maximum Gasteiger partial charge on any atom is 0.160 e. The predicted octanol–water partition coefficient (Wildman–Crippen LogP) is -1.12. The van der Waals surface area contributed by atoms with Gasteiger partial charge in [0.05, 0.1) is 11.9 Å². The number of ketones is 3. The molecule has 0 amide bonds. The van der Waals surface area contributed by atoms with Gasteiger partial charge < -0.3 is 34.5 Å². The van der Waals surface area contributed by atoms with Crippen LogP contribution >= 0.6 is 0 Å². The van der Waals surface area contributed by atoms with E-state index in [2.05, 4.69) is 0 Å². The fraction of sp³-hybridized carbons (Fsp3) is 0.300. The third kappa shape index (κ3) is 19.0. The monoisotopic (exact) mass is 407 g/mol. The topological polar surface area (TPSA) is 172 Å². The Balaban J connectivity index is -0.000000357. The quantitative estimate of drug-likeness (QED) is 0.400. The molecule has 1 aromatic carbocycles. The van der Waals surface area contributed by atoms with E-state index in [1.54, 1.807) is 12.1 Å². The molecular formula is C20H23O9-3. The number of carboxylic acids is 3. The van der Waals surface area contributed by atoms with Crippen molar-refractivity contribution in [3.8, 4) is 0 Å². The van der Waals surface area contributed by atoms with Gasteiger partial charge in [-0.2, -0.15) is 0 Å². The van der Waals surface area contributed by atoms with Crippen molar-refractivity contribution in [1.82, 2.24) is 0 Å². The first kappa shape index (κ1) is 30.1. The summed E-state index contributed by atoms with van der Waals surface area (Å²) < 4.78 is 0. The van der Waals surface area contributed by atoms with Gasteiger partial charge in [-0.15, -0.1) is 0 Å². The minimum absolute atomic E-state index is 0. The van der Waals surface area contributed by atoms with Gasteiger partial charge in [-0.3, -0.25) is 9.59 Å². The highest BCUT2D eigenvalue weighted by molar-refractivity contribution is 6.04. The van der Waals surface area contributed by atoms with E-state index in [-0.39, 0.29) is 48.7 Å². The summed E-state index contributed by atoms with van der Waals surface area (Å²) in [6, 6.07) is 5.99. The molecule has 9 heteroatoms. The second-order valence-electron chi connectivity index (χ2n) is 5.23. The Labute approximate surface area is 168 Å². The normalized spacial score (nSPS) is 8.93. The molecule has 1 aromatic rings. The first-order valence-electron chi connectivity index (χ1n) is 7.78. The fourth-order valence-corrected chi connectivity index (χ4v) is 1.43. The summed E-state index contributed by atoms with van der Waals surface area (Å²) in [5.41, 5.74) is 0.141. The van der Waals surface area contributed by atoms with E-state index in [0.29, 0.717) is 6.08 Å². The number of hydrogen-bond acceptors (Lipinski definition) is 9. The van der Waals surface area contributed by atoms with Crippen LogP contribution in [0, 0.1) is 0 Å². The molecule has 0 aromatic heterocycles. The van der Waals surface area contributed by atoms with E-state index in [4.69, 9.17) is 0 Å². The van der Waals surface area contributed by atoms with E-state index >= 15 is 0 Å². The molecule has 0 atom stereocenters. The summed E-state index contributed by atoms with van der Waals surface area (Å²) in [6.07, 6.45) is 1.56. The number of benzene rings is 1. The SMILES string of the molecule is C.CC(=O)/C=C/C(=O)[O-].CC(=O)CCC(=O)[O-].CC(=O)c1ccccc1C(=O)[O-]. The number of carboxylic acid groups (broad SMARTS) is 3. The van der Waals surface area contributed by atoms with Crippen LogP contribution in [0.5, 0.6) is 0 Å². The second kappa shape index (κ2) is 16.5. The molecule has 0 aliphatic carbocycles. The molecule has 0 fully saturated rings. The van der Waals surface area contributed by atoms with Crippen LogP contribution in [0.15, 0.2) is 36.4 Å². The molecule has 160 valence electrons. The lowest BCUT2D eigenvalue weighted by molar-refractivity contribution is -0.305. The Morgan fingerprint density at radius 2 is 1.28 bits per heavy atom. The fourth-order valence-electron chi connectivity index (χ4n) is 1.43. The van der Waals surface area contributed by atoms with E-state index < -0.39 is 17.9 Å². The molecule has 0 spiro atoms. The van der Waals surface area contributed by atoms with Crippen molar-refractivity contribution < 1.29 is 44.1 Å². The third-order valence-electron chi connectivity index (χ3n) is 2.66. The van der Waals surface area contributed by atoms with Gasteiger partial charge in [-0.1, -0.05) is 31.7 Å². The predicted molar refractivity (Wildman–Crippen MR) is 97.3 cm³/mol. The number of rotatable bonds is 7. The summed E-state index contributed by atoms with van der Waals surface area (Å²) in [7, 11) is 0. The maximum atomic E-state index is 10.9. The average Bonchev–Trinajstić information content (AvgIpc) is 2.59. The molecule has 0 bridgehead atoms. The zero-order valence-electron chi connectivity index (χ0n) is 15.6. The van der Waals surface area contributed by atoms with Crippen LogP contribution in [0.25, 0.3) is 0 Å². The van der Waals surface area contributed by atoms with E-state index in [1.807, 2.05) is 0 Å². The van der Waals surface area contributed by atoms with Crippen molar-refractivity contribution >= 4 is 35.3 Å². The van der Waals surface area contributed by atoms with Gasteiger partial charge in [0, 0.05) is 23.5 Å². The Morgan fingerprint density at radius 3 is 1.48 bits per heavy atom. The highest BCUT2D eigenvalue weighted by Gasteiger charge is 2.05. The molecule has 0 heterocycles. The molecule has 0 N–H and O–H groups in total. The largest absolute Gasteiger partial charge is 0.550 e. The lowest BCUT2D eigenvalue weighted by Crippen LogP contribution is -2.24. The summed E-state index contributed by atoms with van der Waals surface area (Å²) in [4.78, 5) is 60.6. The summed E-state index contributed by atoms with van der Waals surface area (Å²) in [6.45, 7) is 3.93. The highest BCUT2D eigenvalue weighted by Crippen LogP contribution is 2.07. The smallest absolute Gasteiger partial charge is 0.160 e. The second-order valence-corrected chi connectivity index (χ2v) is 5.23. The number of hydrogen-bond donors (Lipinski definition) is 0. The van der Waals surface area contributed by atoms with Gasteiger partial charge in [0.2, 0.25) is 0 Å². The van der Waals surface area contributed by atoms with Crippen molar-refractivity contribution in [2.75, 3.05) is 0 Å². The van der Waals surface area contributed by atoms with Gasteiger partial charge in [-0.25, -0.2) is 0 Å². The Bertz CT molecular complexity index is 698. The standard InChI is InChI=1S/C9H8O3.C5H8O3.C5H6O3.CH4/c1-6(10)7-4-2-3-5-8(7)9(11)12;2*1-4(6)2-3-5(7)8;/h2-5H,1H3,(H,11,12);2-3H2,1H3,(H,7,8);2-3H,1H3,(H,7,8);1H4/p-3/b;;3-2+;. The Kier molecular flexibility index (Phi) is 17.2. The maximum absolute atomic E-state index is 10.9. The van der Waals surface area contributed by atoms with E-state index in [9.17, 15) is 44.1 Å². The first-order chi connectivity index (χ1) is 12.9. The number of carbonyl (C=O) groups excluding carboxylic acids is 6. The molecule has 0 aliphatic rings. The molecule has 0 saturated heterocycles. The molecule has 1 rings (SSSR count).